The molecule has 0 aromatic heterocycles. The highest BCUT2D eigenvalue weighted by Crippen LogP contribution is 2.13. The van der Waals surface area contributed by atoms with Crippen molar-refractivity contribution in [2.75, 3.05) is 0 Å². The van der Waals surface area contributed by atoms with E-state index in [1.54, 1.807) is 0 Å². The monoisotopic (exact) mass is 200 g/mol. The summed E-state index contributed by atoms with van der Waals surface area (Å²) in [6.07, 6.45) is 1.42. The van der Waals surface area contributed by atoms with E-state index in [0.717, 1.165) is 5.71 Å². The summed E-state index contributed by atoms with van der Waals surface area (Å²) in [5.74, 6) is -0.754. The van der Waals surface area contributed by atoms with Gasteiger partial charge in [-0.25, -0.2) is 0 Å². The Bertz CT molecular complexity index is 211. The molecule has 0 bridgehead atoms. The third kappa shape index (κ3) is 5.56. The Labute approximate surface area is 84.6 Å². The van der Waals surface area contributed by atoms with Crippen LogP contribution < -0.4 is 5.11 Å². The molecule has 0 fully saturated rings. The van der Waals surface area contributed by atoms with Crippen molar-refractivity contribution in [1.82, 2.24) is 0 Å². The van der Waals surface area contributed by atoms with Gasteiger partial charge in [-0.3, -0.25) is 0 Å². The van der Waals surface area contributed by atoms with Crippen molar-refractivity contribution >= 4 is 11.7 Å². The highest BCUT2D eigenvalue weighted by molar-refractivity contribution is 5.85. The quantitative estimate of drug-likeness (QED) is 0.395. The molecule has 0 saturated heterocycles. The van der Waals surface area contributed by atoms with Gasteiger partial charge in [0.25, 0.3) is 0 Å². The molecule has 4 nitrogen and oxygen atoms in total. The van der Waals surface area contributed by atoms with Crippen LogP contribution in [0, 0.1) is 11.8 Å². The Balaban J connectivity index is 3.86. The van der Waals surface area contributed by atoms with E-state index in [1.807, 2.05) is 20.8 Å². The van der Waals surface area contributed by atoms with Gasteiger partial charge in [0.15, 0.2) is 0 Å². The normalized spacial score (nSPS) is 14.4. The van der Waals surface area contributed by atoms with Crippen LogP contribution in [0.2, 0.25) is 0 Å². The van der Waals surface area contributed by atoms with Gasteiger partial charge in [-0.2, -0.15) is 0 Å². The van der Waals surface area contributed by atoms with Crippen molar-refractivity contribution in [2.24, 2.45) is 17.0 Å². The minimum Gasteiger partial charge on any atom is -0.550 e. The largest absolute Gasteiger partial charge is 0.550 e. The second-order valence-corrected chi connectivity index (χ2v) is 3.97. The van der Waals surface area contributed by atoms with Gasteiger partial charge in [-0.1, -0.05) is 25.9 Å². The molecule has 0 aliphatic heterocycles. The number of carbonyl (C=O) groups is 1. The van der Waals surface area contributed by atoms with E-state index >= 15 is 0 Å². The van der Waals surface area contributed by atoms with E-state index in [2.05, 4.69) is 5.16 Å². The number of oxime groups is 1. The smallest absolute Gasteiger partial charge is 0.0596 e. The van der Waals surface area contributed by atoms with Gasteiger partial charge in [0.1, 0.15) is 0 Å². The zero-order valence-corrected chi connectivity index (χ0v) is 8.99. The Morgan fingerprint density at radius 3 is 2.36 bits per heavy atom. The van der Waals surface area contributed by atoms with Crippen LogP contribution in [0.15, 0.2) is 5.16 Å². The number of nitrogens with zero attached hydrogens (tertiary/aromatic N) is 1. The Hall–Kier alpha value is -1.06. The van der Waals surface area contributed by atoms with Crippen LogP contribution in [-0.4, -0.2) is 16.9 Å². The summed E-state index contributed by atoms with van der Waals surface area (Å²) in [5.41, 5.74) is 0.718. The van der Waals surface area contributed by atoms with Crippen molar-refractivity contribution in [3.8, 4) is 0 Å². The number of hydrogen-bond acceptors (Lipinski definition) is 4. The van der Waals surface area contributed by atoms with Crippen LogP contribution in [0.3, 0.4) is 0 Å². The molecule has 0 unspecified atom stereocenters. The van der Waals surface area contributed by atoms with Gasteiger partial charge < -0.3 is 15.1 Å². The first kappa shape index (κ1) is 12.9. The zero-order valence-electron chi connectivity index (χ0n) is 8.99. The van der Waals surface area contributed by atoms with Gasteiger partial charge in [-0.05, 0) is 31.1 Å². The molecule has 0 radical (unpaired) electrons. The van der Waals surface area contributed by atoms with Crippen LogP contribution in [0.5, 0.6) is 0 Å². The molecule has 0 aromatic rings. The topological polar surface area (TPSA) is 72.7 Å². The second-order valence-electron chi connectivity index (χ2n) is 3.97. The van der Waals surface area contributed by atoms with Gasteiger partial charge in [0.2, 0.25) is 0 Å². The summed E-state index contributed by atoms with van der Waals surface area (Å²) in [7, 11) is 0. The van der Waals surface area contributed by atoms with E-state index in [9.17, 15) is 9.90 Å². The summed E-state index contributed by atoms with van der Waals surface area (Å²) in [6, 6.07) is 0. The number of hydrogen-bond donors (Lipinski definition) is 1. The van der Waals surface area contributed by atoms with Crippen molar-refractivity contribution in [2.45, 2.75) is 40.0 Å². The molecule has 0 spiro atoms. The van der Waals surface area contributed by atoms with E-state index in [4.69, 9.17) is 5.21 Å². The fraction of sp³-hybridized carbons (Fsp3) is 0.800. The van der Waals surface area contributed by atoms with E-state index < -0.39 is 5.97 Å². The average Bonchev–Trinajstić information content (AvgIpc) is 2.03. The number of rotatable bonds is 6. The van der Waals surface area contributed by atoms with E-state index in [1.165, 1.54) is 0 Å². The van der Waals surface area contributed by atoms with Crippen LogP contribution in [-0.2, 0) is 4.79 Å². The fourth-order valence-electron chi connectivity index (χ4n) is 1.24. The lowest BCUT2D eigenvalue weighted by atomic mass is 9.96. The number of carbonyl (C=O) groups excluding carboxylic acids is 1. The number of carboxylic acids is 1. The van der Waals surface area contributed by atoms with Crippen molar-refractivity contribution in [3.63, 3.8) is 0 Å². The third-order valence-electron chi connectivity index (χ3n) is 2.20. The first-order chi connectivity index (χ1) is 6.47. The summed E-state index contributed by atoms with van der Waals surface area (Å²) in [5, 5.41) is 22.1. The molecule has 0 rings (SSSR count). The molecule has 4 heteroatoms. The third-order valence-corrected chi connectivity index (χ3v) is 2.20. The second kappa shape index (κ2) is 6.40. The standard InChI is InChI=1S/C10H19NO3/c1-7(2)9(11-14)5-4-8(3)6-10(12)13/h7-8,14H,4-6H2,1-3H3,(H,12,13)/p-1/b11-9+/t8-/m1/s1. The summed E-state index contributed by atoms with van der Waals surface area (Å²) in [6.45, 7) is 5.74. The van der Waals surface area contributed by atoms with Gasteiger partial charge in [0, 0.05) is 5.97 Å². The van der Waals surface area contributed by atoms with Crippen molar-refractivity contribution in [1.29, 1.82) is 0 Å². The molecule has 82 valence electrons. The molecule has 0 aliphatic carbocycles. The molecule has 0 amide bonds. The van der Waals surface area contributed by atoms with Crippen LogP contribution >= 0.6 is 0 Å². The van der Waals surface area contributed by atoms with Gasteiger partial charge in [0.05, 0.1) is 5.71 Å². The predicted octanol–water partition coefficient (Wildman–Crippen LogP) is 1.03. The van der Waals surface area contributed by atoms with E-state index in [-0.39, 0.29) is 18.3 Å². The highest BCUT2D eigenvalue weighted by atomic mass is 16.4. The maximum absolute atomic E-state index is 10.3. The fourth-order valence-corrected chi connectivity index (χ4v) is 1.24. The lowest BCUT2D eigenvalue weighted by Gasteiger charge is -2.13. The SMILES string of the molecule is CC(C)/C(CC[C@@H](C)CC(=O)[O-])=N/O. The molecule has 1 atom stereocenters. The lowest BCUT2D eigenvalue weighted by Crippen LogP contribution is -2.24. The molecule has 0 aliphatic rings. The zero-order chi connectivity index (χ0) is 11.1. The summed E-state index contributed by atoms with van der Waals surface area (Å²) < 4.78 is 0. The molecular weight excluding hydrogens is 182 g/mol. The van der Waals surface area contributed by atoms with Gasteiger partial charge in [-0.15, -0.1) is 0 Å². The molecule has 1 N–H and O–H groups in total. The first-order valence-corrected chi connectivity index (χ1v) is 4.88. The molecule has 0 heterocycles. The summed E-state index contributed by atoms with van der Waals surface area (Å²) >= 11 is 0. The maximum Gasteiger partial charge on any atom is 0.0596 e. The number of aliphatic carboxylic acids is 1. The summed E-state index contributed by atoms with van der Waals surface area (Å²) in [4.78, 5) is 10.3. The van der Waals surface area contributed by atoms with Crippen LogP contribution in [0.1, 0.15) is 40.0 Å². The Kier molecular flexibility index (Phi) is 5.92. The van der Waals surface area contributed by atoms with E-state index in [0.29, 0.717) is 12.8 Å². The molecule has 0 aromatic carbocycles. The molecular formula is C10H18NO3-. The average molecular weight is 200 g/mol. The molecule has 0 saturated carbocycles. The lowest BCUT2D eigenvalue weighted by molar-refractivity contribution is -0.306. The Morgan fingerprint density at radius 1 is 1.43 bits per heavy atom. The first-order valence-electron chi connectivity index (χ1n) is 4.88. The van der Waals surface area contributed by atoms with Crippen LogP contribution in [0.25, 0.3) is 0 Å². The predicted molar refractivity (Wildman–Crippen MR) is 52.1 cm³/mol. The minimum atomic E-state index is -1.02. The van der Waals surface area contributed by atoms with Gasteiger partial charge >= 0.3 is 0 Å². The molecule has 14 heavy (non-hydrogen) atoms. The highest BCUT2D eigenvalue weighted by Gasteiger charge is 2.09. The van der Waals surface area contributed by atoms with Crippen molar-refractivity contribution in [3.05, 3.63) is 0 Å². The van der Waals surface area contributed by atoms with Crippen LogP contribution in [0.4, 0.5) is 0 Å². The van der Waals surface area contributed by atoms with Crippen molar-refractivity contribution < 1.29 is 15.1 Å². The maximum atomic E-state index is 10.3. The Morgan fingerprint density at radius 2 is 2.00 bits per heavy atom. The minimum absolute atomic E-state index is 0.0653. The number of carboxylic acid groups (broad SMARTS) is 1.